The second kappa shape index (κ2) is 19.4. The average Bonchev–Trinajstić information content (AvgIpc) is 4.15. The number of tetrazole rings is 2. The lowest BCUT2D eigenvalue weighted by Gasteiger charge is -2.06. The largest absolute Gasteiger partial charge is 0.368 e. The van der Waals surface area contributed by atoms with Gasteiger partial charge in [-0.2, -0.15) is 48.5 Å². The van der Waals surface area contributed by atoms with Crippen molar-refractivity contribution in [2.24, 2.45) is 19.8 Å². The average molecular weight is 907 g/mol. The van der Waals surface area contributed by atoms with E-state index in [1.807, 2.05) is 109 Å². The Bertz CT molecular complexity index is 3320. The molecule has 0 atom stereocenters. The van der Waals surface area contributed by atoms with Crippen molar-refractivity contribution in [2.75, 3.05) is 36.1 Å². The van der Waals surface area contributed by atoms with Gasteiger partial charge in [-0.1, -0.05) is 109 Å². The molecule has 6 heterocycles. The van der Waals surface area contributed by atoms with E-state index in [1.54, 1.807) is 14.1 Å². The highest BCUT2D eigenvalue weighted by atomic mass is 32.2. The molecule has 24 nitrogen and oxygen atoms in total. The van der Waals surface area contributed by atoms with Crippen molar-refractivity contribution in [3.63, 3.8) is 0 Å². The third-order valence-corrected chi connectivity index (χ3v) is 10.3. The fraction of sp³-hybridized carbons (Fsp3) is 0.171. The molecule has 0 saturated carbocycles. The van der Waals surface area contributed by atoms with E-state index in [0.717, 1.165) is 46.9 Å². The lowest BCUT2D eigenvalue weighted by Crippen LogP contribution is -2.12. The number of hydrogen-bond donors (Lipinski definition) is 4. The van der Waals surface area contributed by atoms with E-state index < -0.39 is 9.84 Å². The summed E-state index contributed by atoms with van der Waals surface area (Å²) >= 11 is 0. The van der Waals surface area contributed by atoms with Crippen LogP contribution in [0.15, 0.2) is 114 Å². The highest BCUT2D eigenvalue weighted by Crippen LogP contribution is 2.20. The van der Waals surface area contributed by atoms with Crippen LogP contribution < -0.4 is 22.5 Å². The van der Waals surface area contributed by atoms with Crippen LogP contribution in [-0.4, -0.2) is 117 Å². The number of hydrogen-bond acceptors (Lipinski definition) is 20. The quantitative estimate of drug-likeness (QED) is 0.144. The summed E-state index contributed by atoms with van der Waals surface area (Å²) in [4.78, 5) is 27.8. The van der Waals surface area contributed by atoms with Gasteiger partial charge in [0.15, 0.2) is 11.6 Å². The van der Waals surface area contributed by atoms with Gasteiger partial charge in [0.1, 0.15) is 0 Å². The summed E-state index contributed by atoms with van der Waals surface area (Å²) in [5.74, 6) is 3.26. The van der Waals surface area contributed by atoms with Gasteiger partial charge in [-0.3, -0.25) is 0 Å². The summed E-state index contributed by atoms with van der Waals surface area (Å²) in [5.41, 5.74) is 23.2. The molecule has 0 saturated heterocycles. The molecular formula is C41H42N22O2S. The molecule has 0 aliphatic rings. The molecule has 0 bridgehead atoms. The molecule has 0 radical (unpaired) electrons. The van der Waals surface area contributed by atoms with Gasteiger partial charge in [-0.05, 0) is 40.9 Å². The molecule has 0 amide bonds. The van der Waals surface area contributed by atoms with E-state index in [9.17, 15) is 8.42 Å². The van der Waals surface area contributed by atoms with E-state index in [0.29, 0.717) is 48.1 Å². The molecule has 0 aliphatic heterocycles. The van der Waals surface area contributed by atoms with Crippen LogP contribution in [-0.2, 0) is 36.8 Å². The van der Waals surface area contributed by atoms with Gasteiger partial charge in [0.25, 0.3) is 16.7 Å². The normalized spacial score (nSPS) is 11.2. The molecular weight excluding hydrogens is 865 g/mol. The van der Waals surface area contributed by atoms with Gasteiger partial charge in [0.05, 0.1) is 14.1 Å². The summed E-state index contributed by atoms with van der Waals surface area (Å²) in [7, 11) is -0.0654. The molecule has 6 aromatic heterocycles. The van der Waals surface area contributed by atoms with Crippen molar-refractivity contribution < 1.29 is 8.42 Å². The highest BCUT2D eigenvalue weighted by molar-refractivity contribution is 7.90. The molecule has 0 unspecified atom stereocenters. The molecule has 10 rings (SSSR count). The zero-order valence-electron chi connectivity index (χ0n) is 35.7. The van der Waals surface area contributed by atoms with Gasteiger partial charge in [0, 0.05) is 35.1 Å². The van der Waals surface area contributed by atoms with Crippen LogP contribution in [0.25, 0.3) is 57.1 Å². The fourth-order valence-electron chi connectivity index (χ4n) is 6.18. The summed E-state index contributed by atoms with van der Waals surface area (Å²) < 4.78 is 25.6. The highest BCUT2D eigenvalue weighted by Gasteiger charge is 2.18. The molecule has 25 heteroatoms. The monoisotopic (exact) mass is 906 g/mol. The van der Waals surface area contributed by atoms with Crippen LogP contribution in [0.2, 0.25) is 0 Å². The maximum atomic E-state index is 11.5. The van der Waals surface area contributed by atoms with E-state index in [1.165, 1.54) is 24.2 Å². The van der Waals surface area contributed by atoms with Gasteiger partial charge in [-0.25, -0.2) is 8.42 Å². The zero-order chi connectivity index (χ0) is 46.2. The molecule has 0 spiro atoms. The Morgan fingerprint density at radius 3 is 1.44 bits per heavy atom. The summed E-state index contributed by atoms with van der Waals surface area (Å²) in [6.07, 6.45) is 2.69. The fourth-order valence-corrected chi connectivity index (χ4v) is 6.69. The zero-order valence-corrected chi connectivity index (χ0v) is 36.5. The topological polar surface area (TPSA) is 323 Å². The molecule has 10 aromatic rings. The van der Waals surface area contributed by atoms with E-state index in [2.05, 4.69) is 76.2 Å². The van der Waals surface area contributed by atoms with Crippen molar-refractivity contribution in [2.45, 2.75) is 18.0 Å². The maximum Gasteiger partial charge on any atom is 0.259 e. The van der Waals surface area contributed by atoms with Crippen LogP contribution in [0.1, 0.15) is 11.1 Å². The van der Waals surface area contributed by atoms with Gasteiger partial charge in [0.2, 0.25) is 39.3 Å². The second-order valence-corrected chi connectivity index (χ2v) is 16.3. The minimum atomic E-state index is -3.56. The van der Waals surface area contributed by atoms with Crippen molar-refractivity contribution in [3.8, 4) is 45.6 Å². The Balaban J connectivity index is 0.000000145. The van der Waals surface area contributed by atoms with Crippen LogP contribution in [0.5, 0.6) is 0 Å². The molecule has 334 valence electrons. The van der Waals surface area contributed by atoms with Crippen LogP contribution >= 0.6 is 0 Å². The lowest BCUT2D eigenvalue weighted by atomic mass is 10.1. The van der Waals surface area contributed by atoms with Crippen molar-refractivity contribution in [1.82, 2.24) is 89.5 Å². The van der Waals surface area contributed by atoms with E-state index in [-0.39, 0.29) is 22.8 Å². The van der Waals surface area contributed by atoms with E-state index in [4.69, 9.17) is 17.2 Å². The number of aromatic nitrogens is 18. The van der Waals surface area contributed by atoms with Crippen molar-refractivity contribution in [3.05, 3.63) is 120 Å². The number of anilines is 3. The lowest BCUT2D eigenvalue weighted by molar-refractivity contribution is 0.592. The van der Waals surface area contributed by atoms with Crippen molar-refractivity contribution in [1.29, 1.82) is 0 Å². The molecule has 4 aromatic carbocycles. The maximum absolute atomic E-state index is 11.5. The predicted octanol–water partition coefficient (Wildman–Crippen LogP) is 2.16. The number of sulfone groups is 1. The van der Waals surface area contributed by atoms with Crippen LogP contribution in [0.4, 0.5) is 17.8 Å². The Hall–Kier alpha value is -8.71. The van der Waals surface area contributed by atoms with Crippen molar-refractivity contribution >= 4 is 39.2 Å². The molecule has 66 heavy (non-hydrogen) atoms. The number of aryl methyl sites for hydroxylation is 2. The molecule has 0 fully saturated rings. The Morgan fingerprint density at radius 1 is 0.530 bits per heavy atom. The second-order valence-electron chi connectivity index (χ2n) is 14.4. The minimum absolute atomic E-state index is 0.0786. The Kier molecular flexibility index (Phi) is 12.9. The Morgan fingerprint density at radius 2 is 0.985 bits per heavy atom. The standard InChI is InChI=1S/C20H19N11.C11H10N6O2S.C10H13N5/c1-30-27-17(26-29-30)15-9-7-13(8-10-15)11-12-22-19-24-18(21)31-20(25-19)23-16(28-31)14-5-3-2-4-6-14;1-20(18,19)11-14-9(12)17-10(15-11)13-8(16-17)7-5-3-2-4-6-7;1-15-13-10(12-14-15)9-4-2-8(3-5-9)6-7-11/h2-10H,11-12H2,1H3,(H3,21,22,23,24,25,28);2-6H,1H3,(H2,12,13,14,15,16);2-5H,6-7,11H2,1H3. The summed E-state index contributed by atoms with van der Waals surface area (Å²) in [6, 6.07) is 35.0. The molecule has 7 N–H and O–H groups in total. The number of nitrogens with one attached hydrogen (secondary N) is 1. The van der Waals surface area contributed by atoms with Crippen LogP contribution in [0.3, 0.4) is 0 Å². The first-order chi connectivity index (χ1) is 31.9. The summed E-state index contributed by atoms with van der Waals surface area (Å²) in [6.45, 7) is 1.31. The van der Waals surface area contributed by atoms with E-state index >= 15 is 0 Å². The first-order valence-electron chi connectivity index (χ1n) is 20.1. The van der Waals surface area contributed by atoms with Gasteiger partial charge >= 0.3 is 0 Å². The number of rotatable bonds is 11. The number of fused-ring (bicyclic) bond motifs is 2. The smallest absolute Gasteiger partial charge is 0.259 e. The van der Waals surface area contributed by atoms with Crippen LogP contribution in [0, 0.1) is 0 Å². The van der Waals surface area contributed by atoms with Gasteiger partial charge < -0.3 is 22.5 Å². The number of nitrogen functional groups attached to an aromatic ring is 2. The summed E-state index contributed by atoms with van der Waals surface area (Å²) in [5, 5.41) is 35.3. The third kappa shape index (κ3) is 10.5. The number of nitrogens with two attached hydrogens (primary N) is 3. The first kappa shape index (κ1) is 43.9. The first-order valence-corrected chi connectivity index (χ1v) is 22.0. The minimum Gasteiger partial charge on any atom is -0.368 e. The molecule has 0 aliphatic carbocycles. The van der Waals surface area contributed by atoms with Gasteiger partial charge in [-0.15, -0.1) is 30.6 Å². The predicted molar refractivity (Wildman–Crippen MR) is 243 cm³/mol. The third-order valence-electron chi connectivity index (χ3n) is 9.41. The SMILES string of the molecule is CS(=O)(=O)c1nc(N)n2nc(-c3ccccc3)nc2n1.Cn1nnc(-c2ccc(CCN)cc2)n1.Cn1nnc(-c2ccc(CCNc3nc(N)n4nc(-c5ccccc5)nc4n3)cc2)n1. The number of benzene rings is 4. The number of nitrogens with zero attached hydrogens (tertiary/aromatic N) is 18. The Labute approximate surface area is 375 Å².